The van der Waals surface area contributed by atoms with E-state index in [1.165, 1.54) is 18.7 Å². The lowest BCUT2D eigenvalue weighted by atomic mass is 10.1. The molecule has 0 spiro atoms. The second-order valence-corrected chi connectivity index (χ2v) is 5.41. The highest BCUT2D eigenvalue weighted by atomic mass is 16.5. The summed E-state index contributed by atoms with van der Waals surface area (Å²) >= 11 is 0. The summed E-state index contributed by atoms with van der Waals surface area (Å²) in [5, 5.41) is 19.5. The molecule has 4 nitrogen and oxygen atoms in total. The number of carbonyl (C=O) groups is 1. The Hall–Kier alpha value is -2.35. The second kappa shape index (κ2) is 11.2. The zero-order valence-electron chi connectivity index (χ0n) is 14.1. The molecule has 0 saturated heterocycles. The molecule has 128 valence electrons. The third-order valence-corrected chi connectivity index (χ3v) is 3.37. The van der Waals surface area contributed by atoms with Gasteiger partial charge in [-0.25, -0.2) is 0 Å². The number of rotatable bonds is 7. The topological polar surface area (TPSA) is 66.8 Å². The largest absolute Gasteiger partial charge is 0.469 e. The molecule has 0 saturated carbocycles. The number of aliphatic hydroxyl groups excluding tert-OH is 2. The van der Waals surface area contributed by atoms with Gasteiger partial charge < -0.3 is 14.9 Å². The van der Waals surface area contributed by atoms with Gasteiger partial charge in [-0.2, -0.15) is 0 Å². The van der Waals surface area contributed by atoms with E-state index in [0.29, 0.717) is 12.8 Å². The summed E-state index contributed by atoms with van der Waals surface area (Å²) in [4.78, 5) is 11.0. The van der Waals surface area contributed by atoms with Crippen molar-refractivity contribution >= 4 is 5.97 Å². The van der Waals surface area contributed by atoms with Gasteiger partial charge in [0.1, 0.15) is 0 Å². The Morgan fingerprint density at radius 1 is 1.25 bits per heavy atom. The van der Waals surface area contributed by atoms with Gasteiger partial charge in [0.05, 0.1) is 19.3 Å². The van der Waals surface area contributed by atoms with E-state index in [-0.39, 0.29) is 12.4 Å². The lowest BCUT2D eigenvalue weighted by Crippen LogP contribution is -2.23. The highest BCUT2D eigenvalue weighted by Crippen LogP contribution is 2.07. The van der Waals surface area contributed by atoms with Gasteiger partial charge in [0.15, 0.2) is 0 Å². The SMILES string of the molecule is COC(=O)CCC[C@H](O)[C@H](O)/C=C/C=C/C#Cc1ccc(C)cc1. The van der Waals surface area contributed by atoms with Crippen LogP contribution in [0.2, 0.25) is 0 Å². The van der Waals surface area contributed by atoms with Gasteiger partial charge in [-0.05, 0) is 38.0 Å². The molecule has 1 rings (SSSR count). The molecule has 0 fully saturated rings. The van der Waals surface area contributed by atoms with Crippen molar-refractivity contribution < 1.29 is 19.7 Å². The zero-order valence-corrected chi connectivity index (χ0v) is 14.1. The number of ether oxygens (including phenoxy) is 1. The van der Waals surface area contributed by atoms with Crippen LogP contribution in [0.1, 0.15) is 30.4 Å². The monoisotopic (exact) mass is 328 g/mol. The second-order valence-electron chi connectivity index (χ2n) is 5.41. The van der Waals surface area contributed by atoms with Crippen molar-refractivity contribution in [1.29, 1.82) is 0 Å². The Morgan fingerprint density at radius 3 is 2.62 bits per heavy atom. The first-order valence-corrected chi connectivity index (χ1v) is 7.87. The van der Waals surface area contributed by atoms with E-state index in [1.54, 1.807) is 18.2 Å². The number of hydrogen-bond donors (Lipinski definition) is 2. The molecular weight excluding hydrogens is 304 g/mol. The number of aliphatic hydroxyl groups is 2. The summed E-state index contributed by atoms with van der Waals surface area (Å²) in [5.41, 5.74) is 2.13. The molecule has 2 N–H and O–H groups in total. The highest BCUT2D eigenvalue weighted by Gasteiger charge is 2.13. The summed E-state index contributed by atoms with van der Waals surface area (Å²) in [6, 6.07) is 7.93. The third-order valence-electron chi connectivity index (χ3n) is 3.37. The van der Waals surface area contributed by atoms with Gasteiger partial charge in [0.25, 0.3) is 0 Å². The molecule has 0 heterocycles. The fraction of sp³-hybridized carbons (Fsp3) is 0.350. The van der Waals surface area contributed by atoms with Crippen LogP contribution >= 0.6 is 0 Å². The number of hydrogen-bond acceptors (Lipinski definition) is 4. The van der Waals surface area contributed by atoms with Crippen molar-refractivity contribution in [3.8, 4) is 11.8 Å². The number of allylic oxidation sites excluding steroid dienone is 3. The molecule has 0 radical (unpaired) electrons. The summed E-state index contributed by atoms with van der Waals surface area (Å²) < 4.78 is 4.51. The van der Waals surface area contributed by atoms with Crippen LogP contribution in [0.15, 0.2) is 48.6 Å². The quantitative estimate of drug-likeness (QED) is 0.458. The Labute approximate surface area is 143 Å². The molecule has 2 atom stereocenters. The minimum Gasteiger partial charge on any atom is -0.469 e. The number of esters is 1. The summed E-state index contributed by atoms with van der Waals surface area (Å²) in [5.74, 6) is 5.58. The van der Waals surface area contributed by atoms with Crippen molar-refractivity contribution in [1.82, 2.24) is 0 Å². The smallest absolute Gasteiger partial charge is 0.305 e. The van der Waals surface area contributed by atoms with E-state index in [4.69, 9.17) is 0 Å². The maximum absolute atomic E-state index is 11.0. The summed E-state index contributed by atoms with van der Waals surface area (Å²) in [6.45, 7) is 2.02. The van der Waals surface area contributed by atoms with E-state index in [0.717, 1.165) is 5.56 Å². The molecule has 4 heteroatoms. The fourth-order valence-corrected chi connectivity index (χ4v) is 1.90. The molecule has 0 unspecified atom stereocenters. The predicted molar refractivity (Wildman–Crippen MR) is 94.2 cm³/mol. The van der Waals surface area contributed by atoms with Gasteiger partial charge in [-0.3, -0.25) is 4.79 Å². The highest BCUT2D eigenvalue weighted by molar-refractivity contribution is 5.68. The van der Waals surface area contributed by atoms with Crippen molar-refractivity contribution in [3.05, 3.63) is 59.7 Å². The Kier molecular flexibility index (Phi) is 9.21. The number of methoxy groups -OCH3 is 1. The molecule has 0 aromatic heterocycles. The minimum atomic E-state index is -0.975. The van der Waals surface area contributed by atoms with E-state index in [2.05, 4.69) is 16.6 Å². The predicted octanol–water partition coefficient (Wildman–Crippen LogP) is 2.52. The van der Waals surface area contributed by atoms with Crippen molar-refractivity contribution in [2.75, 3.05) is 7.11 Å². The summed E-state index contributed by atoms with van der Waals surface area (Å²) in [7, 11) is 1.32. The lowest BCUT2D eigenvalue weighted by Gasteiger charge is -2.13. The Morgan fingerprint density at radius 2 is 1.96 bits per heavy atom. The third kappa shape index (κ3) is 8.33. The van der Waals surface area contributed by atoms with E-state index in [1.807, 2.05) is 31.2 Å². The van der Waals surface area contributed by atoms with Crippen LogP contribution in [0.5, 0.6) is 0 Å². The van der Waals surface area contributed by atoms with E-state index >= 15 is 0 Å². The zero-order chi connectivity index (χ0) is 17.8. The van der Waals surface area contributed by atoms with Crippen LogP contribution in [0.3, 0.4) is 0 Å². The maximum Gasteiger partial charge on any atom is 0.305 e. The molecule has 0 aliphatic heterocycles. The van der Waals surface area contributed by atoms with Crippen molar-refractivity contribution in [2.24, 2.45) is 0 Å². The van der Waals surface area contributed by atoms with Crippen molar-refractivity contribution in [3.63, 3.8) is 0 Å². The Bertz CT molecular complexity index is 617. The number of benzene rings is 1. The van der Waals surface area contributed by atoms with E-state index < -0.39 is 12.2 Å². The number of aryl methyl sites for hydroxylation is 1. The molecule has 0 aliphatic rings. The number of carbonyl (C=O) groups excluding carboxylic acids is 1. The van der Waals surface area contributed by atoms with Gasteiger partial charge in [0, 0.05) is 12.0 Å². The molecule has 0 amide bonds. The molecule has 1 aromatic carbocycles. The van der Waals surface area contributed by atoms with Crippen LogP contribution in [0.4, 0.5) is 0 Å². The Balaban J connectivity index is 2.34. The average Bonchev–Trinajstić information content (AvgIpc) is 2.58. The molecule has 24 heavy (non-hydrogen) atoms. The van der Waals surface area contributed by atoms with Crippen LogP contribution in [0.25, 0.3) is 0 Å². The summed E-state index contributed by atoms with van der Waals surface area (Å²) in [6.07, 6.45) is 5.66. The fourth-order valence-electron chi connectivity index (χ4n) is 1.90. The lowest BCUT2D eigenvalue weighted by molar-refractivity contribution is -0.140. The first kappa shape index (κ1) is 19.7. The van der Waals surface area contributed by atoms with Crippen LogP contribution in [-0.2, 0) is 9.53 Å². The standard InChI is InChI=1S/C20H24O4/c1-16-12-14-17(15-13-16)8-5-3-4-6-9-18(21)19(22)10-7-11-20(23)24-2/h3-4,6,9,12-15,18-19,21-22H,7,10-11H2,1-2H3/b4-3+,9-6+/t18-,19+/m1/s1. The van der Waals surface area contributed by atoms with Gasteiger partial charge in [-0.15, -0.1) is 0 Å². The minimum absolute atomic E-state index is 0.235. The maximum atomic E-state index is 11.0. The van der Waals surface area contributed by atoms with Crippen LogP contribution < -0.4 is 0 Å². The molecule has 1 aromatic rings. The van der Waals surface area contributed by atoms with Crippen LogP contribution in [0, 0.1) is 18.8 Å². The molecular formula is C20H24O4. The van der Waals surface area contributed by atoms with Gasteiger partial charge >= 0.3 is 5.97 Å². The van der Waals surface area contributed by atoms with Gasteiger partial charge in [-0.1, -0.05) is 47.8 Å². The average molecular weight is 328 g/mol. The van der Waals surface area contributed by atoms with Crippen molar-refractivity contribution in [2.45, 2.75) is 38.4 Å². The molecule has 0 aliphatic carbocycles. The van der Waals surface area contributed by atoms with Crippen LogP contribution in [-0.4, -0.2) is 35.5 Å². The van der Waals surface area contributed by atoms with Gasteiger partial charge in [0.2, 0.25) is 0 Å². The first-order valence-electron chi connectivity index (χ1n) is 7.87. The first-order chi connectivity index (χ1) is 11.5. The van der Waals surface area contributed by atoms with E-state index in [9.17, 15) is 15.0 Å². The normalized spacial score (nSPS) is 13.5. The molecule has 0 bridgehead atoms.